The standard InChI is InChI=1S/C24H29F5N8O4/c1-12-19(35-41-34-12)21(38)33-20(13-3-5-23(25,26)6-4-13)15-9-37-18(31-15)7-14(8-30-37)16(11-40-2)36-10-17(24(27,28)29)32-22(36)39/h7-9,13,16-17,20,22,32,39H,3-6,10-11H2,1-2H3,(H,33,38)/t16-,17+,20+,22?/m1/s1. The Hall–Kier alpha value is -3.28. The Kier molecular flexibility index (Phi) is 7.97. The van der Waals surface area contributed by atoms with Crippen LogP contribution in [0.5, 0.6) is 0 Å². The van der Waals surface area contributed by atoms with Crippen molar-refractivity contribution in [1.82, 2.24) is 40.4 Å². The largest absolute Gasteiger partial charge is 0.405 e. The van der Waals surface area contributed by atoms with Crippen molar-refractivity contribution in [3.63, 3.8) is 0 Å². The number of methoxy groups -OCH3 is 1. The molecule has 1 amide bonds. The maximum Gasteiger partial charge on any atom is 0.405 e. The molecule has 17 heteroatoms. The van der Waals surface area contributed by atoms with E-state index in [4.69, 9.17) is 4.74 Å². The third-order valence-corrected chi connectivity index (χ3v) is 7.63. The van der Waals surface area contributed by atoms with Gasteiger partial charge in [-0.3, -0.25) is 15.0 Å². The van der Waals surface area contributed by atoms with Crippen molar-refractivity contribution in [2.45, 2.75) is 69.2 Å². The molecule has 2 aliphatic rings. The Labute approximate surface area is 230 Å². The number of alkyl halides is 5. The third kappa shape index (κ3) is 6.17. The predicted molar refractivity (Wildman–Crippen MR) is 129 cm³/mol. The van der Waals surface area contributed by atoms with Gasteiger partial charge in [0, 0.05) is 26.5 Å². The highest BCUT2D eigenvalue weighted by Gasteiger charge is 2.49. The summed E-state index contributed by atoms with van der Waals surface area (Å²) in [6.07, 6.45) is -3.56. The molecule has 0 radical (unpaired) electrons. The number of halogens is 5. The van der Waals surface area contributed by atoms with Crippen LogP contribution in [-0.4, -0.2) is 85.6 Å². The number of aromatic nitrogens is 5. The van der Waals surface area contributed by atoms with Crippen LogP contribution in [0.15, 0.2) is 23.1 Å². The predicted octanol–water partition coefficient (Wildman–Crippen LogP) is 2.52. The van der Waals surface area contributed by atoms with Crippen LogP contribution in [0.4, 0.5) is 22.0 Å². The Morgan fingerprint density at radius 2 is 2.05 bits per heavy atom. The van der Waals surface area contributed by atoms with Crippen LogP contribution in [0.25, 0.3) is 5.65 Å². The van der Waals surface area contributed by atoms with Gasteiger partial charge >= 0.3 is 6.18 Å². The van der Waals surface area contributed by atoms with Crippen molar-refractivity contribution >= 4 is 11.6 Å². The molecule has 2 fully saturated rings. The molecule has 1 aliphatic carbocycles. The number of nitrogens with zero attached hydrogens (tertiary/aromatic N) is 6. The molecule has 1 saturated carbocycles. The van der Waals surface area contributed by atoms with Crippen LogP contribution in [0.3, 0.4) is 0 Å². The summed E-state index contributed by atoms with van der Waals surface area (Å²) in [5.74, 6) is -3.76. The minimum absolute atomic E-state index is 0.0438. The number of fused-ring (bicyclic) bond motifs is 1. The van der Waals surface area contributed by atoms with E-state index < -0.39 is 49.0 Å². The summed E-state index contributed by atoms with van der Waals surface area (Å²) < 4.78 is 79.0. The summed E-state index contributed by atoms with van der Waals surface area (Å²) >= 11 is 0. The lowest BCUT2D eigenvalue weighted by molar-refractivity contribution is -0.152. The lowest BCUT2D eigenvalue weighted by Gasteiger charge is -2.33. The van der Waals surface area contributed by atoms with Crippen LogP contribution < -0.4 is 10.6 Å². The number of hydrogen-bond acceptors (Lipinski definition) is 10. The molecule has 3 aromatic rings. The van der Waals surface area contributed by atoms with E-state index >= 15 is 0 Å². The van der Waals surface area contributed by atoms with Gasteiger partial charge in [0.05, 0.1) is 36.8 Å². The topological polar surface area (TPSA) is 143 Å². The first-order chi connectivity index (χ1) is 19.4. The first-order valence-electron chi connectivity index (χ1n) is 12.9. The molecule has 3 aromatic heterocycles. The minimum Gasteiger partial charge on any atom is -0.383 e. The number of aliphatic hydroxyl groups is 1. The highest BCUT2D eigenvalue weighted by atomic mass is 19.4. The number of imidazole rings is 1. The van der Waals surface area contributed by atoms with Gasteiger partial charge in [-0.05, 0) is 42.5 Å². The van der Waals surface area contributed by atoms with E-state index in [0.717, 1.165) is 0 Å². The molecular weight excluding hydrogens is 559 g/mol. The summed E-state index contributed by atoms with van der Waals surface area (Å²) in [6, 6.07) is -1.91. The van der Waals surface area contributed by atoms with E-state index in [0.29, 0.717) is 16.9 Å². The van der Waals surface area contributed by atoms with Crippen LogP contribution >= 0.6 is 0 Å². The zero-order valence-corrected chi connectivity index (χ0v) is 22.1. The van der Waals surface area contributed by atoms with Crippen molar-refractivity contribution in [1.29, 1.82) is 0 Å². The van der Waals surface area contributed by atoms with E-state index in [1.807, 2.05) is 0 Å². The second-order valence-corrected chi connectivity index (χ2v) is 10.4. The monoisotopic (exact) mass is 588 g/mol. The van der Waals surface area contributed by atoms with E-state index in [1.54, 1.807) is 12.3 Å². The summed E-state index contributed by atoms with van der Waals surface area (Å²) in [5, 5.41) is 26.9. The molecule has 12 nitrogen and oxygen atoms in total. The van der Waals surface area contributed by atoms with Crippen LogP contribution in [0.2, 0.25) is 0 Å². The summed E-state index contributed by atoms with van der Waals surface area (Å²) in [4.78, 5) is 18.8. The molecule has 4 atom stereocenters. The number of carbonyl (C=O) groups excluding carboxylic acids is 1. The molecular formula is C24H29F5N8O4. The summed E-state index contributed by atoms with van der Waals surface area (Å²) in [7, 11) is 1.39. The maximum atomic E-state index is 13.9. The Bertz CT molecular complexity index is 1370. The van der Waals surface area contributed by atoms with Crippen molar-refractivity contribution in [2.75, 3.05) is 20.3 Å². The van der Waals surface area contributed by atoms with Gasteiger partial charge in [-0.1, -0.05) is 5.16 Å². The second-order valence-electron chi connectivity index (χ2n) is 10.4. The van der Waals surface area contributed by atoms with Gasteiger partial charge in [0.15, 0.2) is 17.7 Å². The first-order valence-corrected chi connectivity index (χ1v) is 12.9. The van der Waals surface area contributed by atoms with Crippen molar-refractivity contribution in [3.8, 4) is 0 Å². The van der Waals surface area contributed by atoms with Crippen molar-refractivity contribution in [3.05, 3.63) is 41.1 Å². The summed E-state index contributed by atoms with van der Waals surface area (Å²) in [6.45, 7) is 0.979. The average Bonchev–Trinajstić information content (AvgIpc) is 3.63. The summed E-state index contributed by atoms with van der Waals surface area (Å²) in [5.41, 5.74) is 1.30. The van der Waals surface area contributed by atoms with Gasteiger partial charge in [-0.25, -0.2) is 22.9 Å². The zero-order valence-electron chi connectivity index (χ0n) is 22.1. The molecule has 1 aliphatic heterocycles. The number of rotatable bonds is 8. The Balaban J connectivity index is 1.44. The molecule has 224 valence electrons. The highest BCUT2D eigenvalue weighted by Crippen LogP contribution is 2.41. The molecule has 1 unspecified atom stereocenters. The van der Waals surface area contributed by atoms with Gasteiger partial charge in [0.1, 0.15) is 11.7 Å². The van der Waals surface area contributed by atoms with Gasteiger partial charge in [0.2, 0.25) is 5.92 Å². The smallest absolute Gasteiger partial charge is 0.383 e. The van der Waals surface area contributed by atoms with Gasteiger partial charge in [-0.15, -0.1) is 0 Å². The Morgan fingerprint density at radius 3 is 2.66 bits per heavy atom. The highest BCUT2D eigenvalue weighted by molar-refractivity contribution is 5.93. The molecule has 41 heavy (non-hydrogen) atoms. The van der Waals surface area contributed by atoms with Crippen molar-refractivity contribution < 1.29 is 41.2 Å². The second kappa shape index (κ2) is 11.2. The average molecular weight is 589 g/mol. The minimum atomic E-state index is -4.56. The molecule has 5 rings (SSSR count). The van der Waals surface area contributed by atoms with E-state index in [2.05, 4.69) is 35.7 Å². The maximum absolute atomic E-state index is 13.9. The number of amides is 1. The quantitative estimate of drug-likeness (QED) is 0.336. The zero-order chi connectivity index (χ0) is 29.5. The lowest BCUT2D eigenvalue weighted by Crippen LogP contribution is -2.42. The fraction of sp³-hybridized carbons (Fsp3) is 0.625. The van der Waals surface area contributed by atoms with Crippen LogP contribution in [0, 0.1) is 12.8 Å². The van der Waals surface area contributed by atoms with Crippen LogP contribution in [0.1, 0.15) is 65.2 Å². The van der Waals surface area contributed by atoms with Gasteiger partial charge in [0.25, 0.3) is 5.91 Å². The fourth-order valence-electron chi connectivity index (χ4n) is 5.39. The SMILES string of the molecule is COC[C@H](c1cnn2cc([C@@H](NC(=O)c3nonc3C)C3CCC(F)(F)CC3)nc2c1)N1C[C@@H](C(F)(F)F)NC1O. The van der Waals surface area contributed by atoms with E-state index in [9.17, 15) is 31.9 Å². The molecule has 3 N–H and O–H groups in total. The molecule has 4 heterocycles. The van der Waals surface area contributed by atoms with Crippen molar-refractivity contribution in [2.24, 2.45) is 5.92 Å². The fourth-order valence-corrected chi connectivity index (χ4v) is 5.39. The van der Waals surface area contributed by atoms with Gasteiger partial charge < -0.3 is 15.2 Å². The first kappa shape index (κ1) is 29.2. The normalized spacial score (nSPS) is 23.6. The number of hydrogen-bond donors (Lipinski definition) is 3. The number of aryl methyl sites for hydroxylation is 1. The number of ether oxygens (including phenoxy) is 1. The molecule has 0 bridgehead atoms. The molecule has 1 saturated heterocycles. The van der Waals surface area contributed by atoms with Gasteiger partial charge in [-0.2, -0.15) is 18.3 Å². The number of nitrogens with one attached hydrogen (secondary N) is 2. The van der Waals surface area contributed by atoms with E-state index in [-0.39, 0.29) is 49.6 Å². The third-order valence-electron chi connectivity index (χ3n) is 7.63. The number of carbonyl (C=O) groups is 1. The van der Waals surface area contributed by atoms with E-state index in [1.165, 1.54) is 29.6 Å². The molecule has 0 spiro atoms. The number of aliphatic hydroxyl groups excluding tert-OH is 1. The van der Waals surface area contributed by atoms with Crippen LogP contribution in [-0.2, 0) is 4.74 Å². The Morgan fingerprint density at radius 1 is 1.32 bits per heavy atom. The molecule has 0 aromatic carbocycles. The lowest BCUT2D eigenvalue weighted by atomic mass is 9.81.